The van der Waals surface area contributed by atoms with Crippen LogP contribution < -0.4 is 21.7 Å². The quantitative estimate of drug-likeness (QED) is 0.198. The number of hydrogen-bond donors (Lipinski definition) is 4. The summed E-state index contributed by atoms with van der Waals surface area (Å²) in [7, 11) is 0. The molecule has 2 heterocycles. The average molecular weight is 767 g/mol. The van der Waals surface area contributed by atoms with Crippen LogP contribution in [0, 0.1) is 16.7 Å². The number of hydrogen-bond acceptors (Lipinski definition) is 4. The van der Waals surface area contributed by atoms with Gasteiger partial charge in [0.25, 0.3) is 0 Å². The van der Waals surface area contributed by atoms with Crippen LogP contribution in [-0.4, -0.2) is 25.1 Å². The van der Waals surface area contributed by atoms with E-state index in [-0.39, 0.29) is 29.8 Å². The summed E-state index contributed by atoms with van der Waals surface area (Å²) in [5.74, 6) is 0.391. The topological polar surface area (TPSA) is 48.1 Å². The summed E-state index contributed by atoms with van der Waals surface area (Å²) in [5, 5.41) is 0. The van der Waals surface area contributed by atoms with Crippen molar-refractivity contribution in [3.63, 3.8) is 0 Å². The summed E-state index contributed by atoms with van der Waals surface area (Å²) in [6, 6.07) is 0.580. The average Bonchev–Trinajstić information content (AvgIpc) is 1.59. The fourth-order valence-corrected chi connectivity index (χ4v) is 4.00. The molecule has 4 heteroatoms. The van der Waals surface area contributed by atoms with E-state index in [2.05, 4.69) is 84.0 Å². The molecule has 0 bridgehead atoms. The van der Waals surface area contributed by atoms with Crippen LogP contribution in [0.5, 0.6) is 0 Å². The van der Waals surface area contributed by atoms with Gasteiger partial charge in [-0.15, -0.1) is 0 Å². The Balaban J connectivity index is -0.00000000761. The van der Waals surface area contributed by atoms with Crippen molar-refractivity contribution in [3.8, 4) is 0 Å². The second-order valence-corrected chi connectivity index (χ2v) is 9.59. The molecule has 0 spiro atoms. The van der Waals surface area contributed by atoms with E-state index in [1.165, 1.54) is 11.1 Å². The van der Waals surface area contributed by atoms with Crippen molar-refractivity contribution >= 4 is 0 Å². The lowest BCUT2D eigenvalue weighted by Crippen LogP contribution is -2.45. The maximum Gasteiger partial charge on any atom is 0.0490 e. The van der Waals surface area contributed by atoms with Gasteiger partial charge in [-0.3, -0.25) is 21.7 Å². The Morgan fingerprint density at radius 1 is 1.08 bits per heavy atom. The first-order chi connectivity index (χ1) is 116. The van der Waals surface area contributed by atoms with Gasteiger partial charge in [0.05, 0.1) is 0 Å². The monoisotopic (exact) mass is 766 g/mol. The van der Waals surface area contributed by atoms with Crippen LogP contribution in [0.25, 0.3) is 0 Å². The number of nitrogens with one attached hydrogen (secondary N) is 4. The molecular formula is C21H246N4. The molecule has 1 aliphatic carbocycles. The van der Waals surface area contributed by atoms with Gasteiger partial charge >= 0.3 is 0 Å². The summed E-state index contributed by atoms with van der Waals surface area (Å²) < 4.78 is 1050. The SMILES string of the molecule is [2H]C1C2=C(C(C)=C1C(C)(C)C)[C@H](C)NN[C@H]2[2H].[2H][2H].[2H][2H].[2H][2H].[2H][2H].[2H][2H].[2H][2H].[2H][2H].[2H][2H].[2H][2H].[2H][2H].[2H][2H].[2H][2H].[2H][2H].[2H][2H].[2H][2H].[2H][2H].[2H][2H].[2H][2H].[2H][2H].[2H][2H].[2H][2H].[2H][2H].[2H][2H].[2H][2H].[2H][2H].[2H][2H].[2H][2H].[2H][2H].[2H][2H].[2H][2H].[2H][2H].[2H][2H].[2H][2H].[2H][2H].[2H][2H].[2H][2H].[2H][2H].[2H][2H].[2H][2H].[2H][2H].[2H][2H].[2H][2H].[2H][2H].[2H][2H].[2H][2H].[2H][2H].[2H][2H].[2H][2H].[2H][2H].[2H][2H].[2H][2H].[2H][2H].[2H][2H].[2H][2H].[2H][2H].[2H][2H].[2H][2H].[2H][2H].[2H][2H].[2H][2H].[2H][2H].[2H][2H].[2H][2H].[2H][2H].[2H][2H].[2H][2H].[2H][2H].[2H][2H].[2H][2H].[2H][2H].[2H][2H].[2H][2H].[2H][2H].[2H][2H].[2H][2H].[2H][2H].[2H][2H].[2H][2H].[2H][2H].[2H][2H].[2H][2H].[2H][2H].[2H][2H].[2H][2H].[2H][2H].[2H][2H].[2H][2H].[2H][2H].[2H][2H].[2H][2H].[2H][2H].[2H][2H].[2H][2H].[2H][2H].[2H][2H].[2H][2H].[2H][2H].[2H][2H].[2H][2H].[2H][2H].[2H][2H].[2H][2H].[2H][2H].[2H][C@H]1NN[C@@H](C)[C@H]1C(C)(C)C. The molecule has 350 valence electrons. The van der Waals surface area contributed by atoms with Crippen LogP contribution in [0.3, 0.4) is 0 Å². The molecule has 0 aromatic carbocycles. The Morgan fingerprint density at radius 3 is 2.12 bits per heavy atom. The maximum atomic E-state index is 8.42. The zero-order valence-corrected chi connectivity index (χ0v) is 17.5. The lowest BCUT2D eigenvalue weighted by atomic mass is 9.78. The Hall–Kier alpha value is -0.680. The number of allylic oxidation sites excluding steroid dienone is 1. The van der Waals surface area contributed by atoms with Crippen molar-refractivity contribution in [1.82, 2.24) is 21.7 Å². The van der Waals surface area contributed by atoms with E-state index >= 15 is 0 Å². The summed E-state index contributed by atoms with van der Waals surface area (Å²) in [6.07, 6.45) is -0.357. The minimum atomic E-state index is -0.501. The Kier molecular flexibility index (Phi) is 0.231. The van der Waals surface area contributed by atoms with E-state index in [9.17, 15) is 0 Å². The van der Waals surface area contributed by atoms with Gasteiger partial charge in [0.1, 0.15) is 0 Å². The van der Waals surface area contributed by atoms with Gasteiger partial charge in [0.2, 0.25) is 0 Å². The predicted molar refractivity (Wildman–Crippen MR) is 326 cm³/mol. The van der Waals surface area contributed by atoms with Crippen molar-refractivity contribution in [2.24, 2.45) is 16.7 Å². The molecule has 0 saturated carbocycles. The van der Waals surface area contributed by atoms with Crippen molar-refractivity contribution < 1.29 is 310 Å². The Labute approximate surface area is 477 Å². The molecule has 0 aromatic heterocycles. The van der Waals surface area contributed by atoms with Crippen molar-refractivity contribution in [2.45, 2.75) is 80.8 Å². The van der Waals surface area contributed by atoms with E-state index in [0.29, 0.717) is 12.0 Å². The molecule has 1 fully saturated rings. The molecule has 4 N–H and O–H groups in total. The molecule has 0 radical (unpaired) electrons. The lowest BCUT2D eigenvalue weighted by Gasteiger charge is -2.28. The molecule has 1 saturated heterocycles. The summed E-state index contributed by atoms with van der Waals surface area (Å²) in [5.41, 5.74) is 16.8. The van der Waals surface area contributed by atoms with Gasteiger partial charge in [-0.05, 0) is 60.6 Å². The van der Waals surface area contributed by atoms with Crippen molar-refractivity contribution in [2.75, 3.05) is 13.0 Å². The first-order valence-electron chi connectivity index (χ1n) is 114. The molecule has 25 heavy (non-hydrogen) atoms. The standard InChI is InChI=1S/C13H22N2.C8H18N2.103H2/c1-8-11(13(3,4)5)6-10-7-14-15-9(2)12(8)10;1-6-7(5-9-10-6)8(2,3)4;;;;;;;;;;;;;;;;;;;;;;;;;;;;;;;;;;;;;;;;;;;;;;;;;;;;;;;;;;;;;;;;;;;;;;;;;;;;;;;;;;;;;;;;;;;;;;;;;;;;;;;/h9,14-15H,6-7H2,1-5H3;6-7,9-10H,5H2,1-4H3;103*1H/t9-;6-,7-;;;;;;;;;;;;;;;;;;;;;;;;;;;;;;;;;;;;;;;;;;;;;;;;;;;;;;;;;;;;;;;;;;;;;;;;;;;;;;;;;;;;;;;;;;;;;;;;;;;;;;;/m00......................................................................................................./s1/i6D,7D;5D;103*1+1D/t6?,7-,9-;5-,6+,7+;;;;;;;;;;;;;;;;;;;;;;;;;;;;;;;;;;;;;;;;;;;;;;;;;;;;;;;;;;;;;;;;;;;;;;;;;;;;;;;;;;;;;;;;;;;;;;;;;;;;;;;/m01........................................................................................................ The fourth-order valence-electron chi connectivity index (χ4n) is 4.00. The van der Waals surface area contributed by atoms with Crippen LogP contribution in [0.15, 0.2) is 22.3 Å². The minimum absolute atomic E-state index is 0.00667. The van der Waals surface area contributed by atoms with Crippen LogP contribution in [0.2, 0.25) is 0 Å². The van der Waals surface area contributed by atoms with Gasteiger partial charge in [-0.25, -0.2) is 0 Å². The van der Waals surface area contributed by atoms with E-state index in [1.807, 2.05) is 0 Å². The molecule has 0 aromatic rings. The third-order valence-electron chi connectivity index (χ3n) is 5.30. The van der Waals surface area contributed by atoms with Crippen molar-refractivity contribution in [1.29, 1.82) is 0 Å². The van der Waals surface area contributed by atoms with Gasteiger partial charge < -0.3 is 0 Å². The van der Waals surface area contributed by atoms with Crippen molar-refractivity contribution in [3.05, 3.63) is 22.3 Å². The molecule has 0 amide bonds. The highest BCUT2D eigenvalue weighted by Crippen LogP contribution is 2.43. The van der Waals surface area contributed by atoms with Gasteiger partial charge in [0, 0.05) is 335 Å². The minimum Gasteiger partial charge on any atom is -0.257 e. The maximum absolute atomic E-state index is 8.42. The highest BCUT2D eigenvalue weighted by atomic mass is 15.4. The van der Waals surface area contributed by atoms with Gasteiger partial charge in [0.15, 0.2) is 0 Å². The second kappa shape index (κ2) is 7.51. The second-order valence-electron chi connectivity index (χ2n) is 9.59. The highest BCUT2D eigenvalue weighted by Gasteiger charge is 2.33. The first-order valence-corrected chi connectivity index (χ1v) is 9.42. The largest absolute Gasteiger partial charge is 0.257 e. The molecular weight excluding hydrogens is 308 g/mol. The van der Waals surface area contributed by atoms with E-state index < -0.39 is 6.52 Å². The van der Waals surface area contributed by atoms with E-state index in [4.69, 9.17) is 310 Å². The van der Waals surface area contributed by atoms with Gasteiger partial charge in [-0.1, -0.05) is 47.1 Å². The molecule has 1 unspecified atom stereocenters. The molecule has 2 aliphatic heterocycles. The van der Waals surface area contributed by atoms with E-state index in [0.717, 1.165) is 11.1 Å². The Bertz CT molecular complexity index is 736. The molecule has 3 rings (SSSR count). The molecule has 6 atom stereocenters. The third kappa shape index (κ3) is 4.73. The fraction of sp³-hybridized carbons (Fsp3) is 0.810. The summed E-state index contributed by atoms with van der Waals surface area (Å²) >= 11 is 0. The smallest absolute Gasteiger partial charge is 0.0490 e. The van der Waals surface area contributed by atoms with Crippen LogP contribution in [-0.2, 0) is 0 Å². The lowest BCUT2D eigenvalue weighted by molar-refractivity contribution is 0.238. The summed E-state index contributed by atoms with van der Waals surface area (Å²) in [4.78, 5) is 0. The zero-order chi connectivity index (χ0) is 228. The first kappa shape index (κ1) is 0.767. The molecule has 4 nitrogen and oxygen atoms in total. The summed E-state index contributed by atoms with van der Waals surface area (Å²) in [6.45, 7) is 18.6. The Morgan fingerprint density at radius 2 is 1.72 bits per heavy atom. The molecule has 3 aliphatic rings. The predicted octanol–water partition coefficient (Wildman–Crippen LogP) is 29.0. The normalized spacial score (nSPS) is 73.9. The van der Waals surface area contributed by atoms with Gasteiger partial charge in [-0.2, -0.15) is 0 Å². The zero-order valence-electron chi connectivity index (χ0n) is 226. The van der Waals surface area contributed by atoms with Crippen LogP contribution >= 0.6 is 0 Å². The number of rotatable bonds is 0. The van der Waals surface area contributed by atoms with E-state index in [1.54, 1.807) is 0 Å². The van der Waals surface area contributed by atoms with Crippen LogP contribution in [0.4, 0.5) is 0 Å². The van der Waals surface area contributed by atoms with Crippen LogP contribution in [0.1, 0.15) is 379 Å². The highest BCUT2D eigenvalue weighted by molar-refractivity contribution is 5.51. The third-order valence-corrected chi connectivity index (χ3v) is 5.30. The number of hydrazine groups is 2.